The van der Waals surface area contributed by atoms with Gasteiger partial charge in [0, 0.05) is 39.3 Å². The number of aromatic nitrogens is 1. The highest BCUT2D eigenvalue weighted by molar-refractivity contribution is 5.82. The van der Waals surface area contributed by atoms with E-state index >= 15 is 0 Å². The van der Waals surface area contributed by atoms with Gasteiger partial charge >= 0.3 is 0 Å². The van der Waals surface area contributed by atoms with Crippen LogP contribution in [0.15, 0.2) is 24.4 Å². The molecule has 2 aromatic rings. The molecular weight excluding hydrogens is 205 g/mol. The average molecular weight is 221 g/mol. The molecule has 0 aliphatic heterocycles. The Bertz CT molecular complexity index is 490. The van der Waals surface area contributed by atoms with Crippen LogP contribution in [0.2, 0.25) is 0 Å². The number of H-pyrrole nitrogens is 1. The van der Waals surface area contributed by atoms with Crippen LogP contribution < -0.4 is 0 Å². The van der Waals surface area contributed by atoms with Crippen molar-refractivity contribution < 1.29 is 4.39 Å². The smallest absolute Gasteiger partial charge is 0.124 e. The van der Waals surface area contributed by atoms with Crippen molar-refractivity contribution in [1.29, 1.82) is 0 Å². The molecule has 0 saturated heterocycles. The first-order valence-electron chi connectivity index (χ1n) is 5.22. The molecule has 1 N–H and O–H groups in total. The highest BCUT2D eigenvalue weighted by Crippen LogP contribution is 2.20. The Morgan fingerprint density at radius 1 is 1.25 bits per heavy atom. The van der Waals surface area contributed by atoms with Crippen LogP contribution in [0, 0.1) is 5.82 Å². The summed E-state index contributed by atoms with van der Waals surface area (Å²) in [6.45, 7) is 0.682. The summed E-state index contributed by atoms with van der Waals surface area (Å²) in [5.41, 5.74) is 1.98. The molecule has 0 bridgehead atoms. The van der Waals surface area contributed by atoms with Gasteiger partial charge in [-0.3, -0.25) is 0 Å². The number of rotatable bonds is 3. The molecule has 0 spiro atoms. The zero-order valence-corrected chi connectivity index (χ0v) is 9.79. The number of benzene rings is 1. The SMILES string of the molecule is CN(C)N(C)Cc1cc(F)cc2cc[nH]c12. The second-order valence-corrected chi connectivity index (χ2v) is 4.17. The number of nitrogens with zero attached hydrogens (tertiary/aromatic N) is 2. The standard InChI is InChI=1S/C12H16FN3/c1-15(2)16(3)8-10-7-11(13)6-9-4-5-14-12(9)10/h4-7,14H,8H2,1-3H3. The molecule has 0 radical (unpaired) electrons. The molecule has 0 atom stereocenters. The number of hydrogen-bond donors (Lipinski definition) is 1. The molecule has 1 aromatic carbocycles. The number of fused-ring (bicyclic) bond motifs is 1. The summed E-state index contributed by atoms with van der Waals surface area (Å²) >= 11 is 0. The minimum Gasteiger partial charge on any atom is -0.361 e. The lowest BCUT2D eigenvalue weighted by atomic mass is 10.1. The number of halogens is 1. The van der Waals surface area contributed by atoms with Gasteiger partial charge in [0.25, 0.3) is 0 Å². The molecule has 0 fully saturated rings. The molecule has 16 heavy (non-hydrogen) atoms. The van der Waals surface area contributed by atoms with E-state index in [4.69, 9.17) is 0 Å². The highest BCUT2D eigenvalue weighted by atomic mass is 19.1. The second kappa shape index (κ2) is 4.23. The first-order valence-corrected chi connectivity index (χ1v) is 5.22. The second-order valence-electron chi connectivity index (χ2n) is 4.17. The molecule has 1 heterocycles. The van der Waals surface area contributed by atoms with E-state index in [9.17, 15) is 4.39 Å². The molecule has 0 unspecified atom stereocenters. The summed E-state index contributed by atoms with van der Waals surface area (Å²) in [6.07, 6.45) is 1.84. The van der Waals surface area contributed by atoms with Crippen molar-refractivity contribution in [3.05, 3.63) is 35.8 Å². The Kier molecular flexibility index (Phi) is 2.94. The van der Waals surface area contributed by atoms with E-state index in [1.165, 1.54) is 0 Å². The van der Waals surface area contributed by atoms with E-state index in [2.05, 4.69) is 4.98 Å². The maximum Gasteiger partial charge on any atom is 0.124 e. The van der Waals surface area contributed by atoms with Crippen LogP contribution in [0.3, 0.4) is 0 Å². The molecule has 0 saturated carbocycles. The van der Waals surface area contributed by atoms with Gasteiger partial charge in [-0.15, -0.1) is 0 Å². The van der Waals surface area contributed by atoms with Gasteiger partial charge in [0.1, 0.15) is 5.82 Å². The van der Waals surface area contributed by atoms with Gasteiger partial charge < -0.3 is 4.98 Å². The van der Waals surface area contributed by atoms with Crippen LogP contribution in [-0.2, 0) is 6.54 Å². The predicted molar refractivity (Wildman–Crippen MR) is 63.4 cm³/mol. The van der Waals surface area contributed by atoms with Crippen LogP contribution in [-0.4, -0.2) is 36.1 Å². The van der Waals surface area contributed by atoms with Crippen molar-refractivity contribution in [2.75, 3.05) is 21.1 Å². The zero-order chi connectivity index (χ0) is 11.7. The van der Waals surface area contributed by atoms with Crippen molar-refractivity contribution in [2.24, 2.45) is 0 Å². The van der Waals surface area contributed by atoms with Crippen molar-refractivity contribution in [2.45, 2.75) is 6.54 Å². The summed E-state index contributed by atoms with van der Waals surface area (Å²) in [4.78, 5) is 3.15. The van der Waals surface area contributed by atoms with Gasteiger partial charge in [-0.25, -0.2) is 14.4 Å². The lowest BCUT2D eigenvalue weighted by Crippen LogP contribution is -2.32. The minimum atomic E-state index is -0.186. The number of hydrogen-bond acceptors (Lipinski definition) is 2. The van der Waals surface area contributed by atoms with Crippen molar-refractivity contribution in [3.63, 3.8) is 0 Å². The first kappa shape index (κ1) is 11.1. The molecule has 0 aliphatic carbocycles. The Morgan fingerprint density at radius 2 is 2.00 bits per heavy atom. The van der Waals surface area contributed by atoms with E-state index in [0.29, 0.717) is 6.54 Å². The minimum absolute atomic E-state index is 0.186. The lowest BCUT2D eigenvalue weighted by Gasteiger charge is -2.24. The Morgan fingerprint density at radius 3 is 2.69 bits per heavy atom. The topological polar surface area (TPSA) is 22.3 Å². The monoisotopic (exact) mass is 221 g/mol. The molecule has 4 heteroatoms. The Balaban J connectivity index is 2.39. The summed E-state index contributed by atoms with van der Waals surface area (Å²) in [7, 11) is 5.90. The largest absolute Gasteiger partial charge is 0.361 e. The van der Waals surface area contributed by atoms with E-state index in [1.807, 2.05) is 43.4 Å². The zero-order valence-electron chi connectivity index (χ0n) is 9.79. The van der Waals surface area contributed by atoms with E-state index in [1.54, 1.807) is 12.1 Å². The Labute approximate surface area is 94.4 Å². The fourth-order valence-corrected chi connectivity index (χ4v) is 1.72. The third-order valence-electron chi connectivity index (χ3n) is 2.79. The van der Waals surface area contributed by atoms with E-state index in [0.717, 1.165) is 16.5 Å². The van der Waals surface area contributed by atoms with Crippen molar-refractivity contribution in [3.8, 4) is 0 Å². The maximum absolute atomic E-state index is 13.4. The van der Waals surface area contributed by atoms with Crippen LogP contribution >= 0.6 is 0 Å². The van der Waals surface area contributed by atoms with E-state index < -0.39 is 0 Å². The fourth-order valence-electron chi connectivity index (χ4n) is 1.72. The highest BCUT2D eigenvalue weighted by Gasteiger charge is 2.08. The van der Waals surface area contributed by atoms with Gasteiger partial charge in [0.05, 0.1) is 5.52 Å². The molecule has 0 aliphatic rings. The van der Waals surface area contributed by atoms with Crippen molar-refractivity contribution in [1.82, 2.24) is 15.0 Å². The van der Waals surface area contributed by atoms with Crippen LogP contribution in [0.4, 0.5) is 4.39 Å². The predicted octanol–water partition coefficient (Wildman–Crippen LogP) is 2.22. The summed E-state index contributed by atoms with van der Waals surface area (Å²) in [6, 6.07) is 5.02. The van der Waals surface area contributed by atoms with Gasteiger partial charge in [-0.2, -0.15) is 0 Å². The van der Waals surface area contributed by atoms with E-state index in [-0.39, 0.29) is 5.82 Å². The third kappa shape index (κ3) is 2.08. The first-order chi connectivity index (χ1) is 7.58. The number of aromatic amines is 1. The van der Waals surface area contributed by atoms with Gasteiger partial charge in [0.15, 0.2) is 0 Å². The van der Waals surface area contributed by atoms with Gasteiger partial charge in [-0.05, 0) is 23.8 Å². The van der Waals surface area contributed by atoms with Crippen molar-refractivity contribution >= 4 is 10.9 Å². The van der Waals surface area contributed by atoms with Crippen LogP contribution in [0.1, 0.15) is 5.56 Å². The molecule has 86 valence electrons. The lowest BCUT2D eigenvalue weighted by molar-refractivity contribution is 0.0479. The number of hydrazine groups is 1. The Hall–Kier alpha value is -1.39. The summed E-state index contributed by atoms with van der Waals surface area (Å²) in [5, 5.41) is 4.91. The van der Waals surface area contributed by atoms with Crippen LogP contribution in [0.5, 0.6) is 0 Å². The van der Waals surface area contributed by atoms with Gasteiger partial charge in [0.2, 0.25) is 0 Å². The summed E-state index contributed by atoms with van der Waals surface area (Å²) in [5.74, 6) is -0.186. The normalized spacial score (nSPS) is 11.9. The fraction of sp³-hybridized carbons (Fsp3) is 0.333. The molecule has 1 aromatic heterocycles. The molecule has 3 nitrogen and oxygen atoms in total. The molecule has 2 rings (SSSR count). The summed E-state index contributed by atoms with van der Waals surface area (Å²) < 4.78 is 13.4. The molecular formula is C12H16FN3. The quantitative estimate of drug-likeness (QED) is 0.803. The maximum atomic E-state index is 13.4. The average Bonchev–Trinajstić information content (AvgIpc) is 2.65. The third-order valence-corrected chi connectivity index (χ3v) is 2.79. The van der Waals surface area contributed by atoms with Gasteiger partial charge in [-0.1, -0.05) is 0 Å². The van der Waals surface area contributed by atoms with Crippen LogP contribution in [0.25, 0.3) is 10.9 Å². The number of nitrogens with one attached hydrogen (secondary N) is 1. The molecule has 0 amide bonds.